The highest BCUT2D eigenvalue weighted by molar-refractivity contribution is 7.89. The van der Waals surface area contributed by atoms with Crippen molar-refractivity contribution in [3.05, 3.63) is 40.3 Å². The van der Waals surface area contributed by atoms with Crippen LogP contribution in [0, 0.1) is 6.92 Å². The lowest BCUT2D eigenvalue weighted by Gasteiger charge is -2.34. The molecule has 9 heteroatoms. The van der Waals surface area contributed by atoms with Crippen molar-refractivity contribution < 1.29 is 17.9 Å². The molecule has 3 rings (SSSR count). The molecule has 1 aromatic heterocycles. The Morgan fingerprint density at radius 3 is 2.38 bits per heavy atom. The largest absolute Gasteiger partial charge is 0.373 e. The van der Waals surface area contributed by atoms with Crippen molar-refractivity contribution >= 4 is 33.0 Å². The van der Waals surface area contributed by atoms with Crippen molar-refractivity contribution in [2.24, 2.45) is 0 Å². The van der Waals surface area contributed by atoms with Gasteiger partial charge in [0.25, 0.3) is 5.91 Å². The number of nitrogens with zero attached hydrogens (tertiary/aromatic N) is 2. The minimum Gasteiger partial charge on any atom is -0.373 e. The van der Waals surface area contributed by atoms with Crippen molar-refractivity contribution in [3.8, 4) is 0 Å². The third-order valence-electron chi connectivity index (χ3n) is 3.98. The van der Waals surface area contributed by atoms with Crippen LogP contribution in [0.3, 0.4) is 0 Å². The maximum atomic E-state index is 12.8. The topological polar surface area (TPSA) is 88.6 Å². The average molecular weight is 396 g/mol. The van der Waals surface area contributed by atoms with E-state index in [0.29, 0.717) is 23.7 Å². The van der Waals surface area contributed by atoms with Gasteiger partial charge in [-0.25, -0.2) is 13.4 Å². The monoisotopic (exact) mass is 395 g/mol. The van der Waals surface area contributed by atoms with E-state index >= 15 is 0 Å². The Hall–Kier alpha value is -1.81. The molecule has 0 bridgehead atoms. The van der Waals surface area contributed by atoms with Gasteiger partial charge in [-0.2, -0.15) is 4.31 Å². The van der Waals surface area contributed by atoms with Gasteiger partial charge in [0.15, 0.2) is 0 Å². The van der Waals surface area contributed by atoms with E-state index in [1.54, 1.807) is 12.1 Å². The van der Waals surface area contributed by atoms with E-state index in [0.717, 1.165) is 5.01 Å². The molecule has 2 heterocycles. The number of ether oxygens (including phenoxy) is 1. The molecule has 0 aliphatic carbocycles. The molecule has 2 aromatic rings. The number of benzene rings is 1. The number of hydrogen-bond donors (Lipinski definition) is 1. The van der Waals surface area contributed by atoms with E-state index in [1.807, 2.05) is 20.8 Å². The van der Waals surface area contributed by atoms with Crippen molar-refractivity contribution in [2.45, 2.75) is 37.9 Å². The number of amides is 1. The van der Waals surface area contributed by atoms with E-state index in [-0.39, 0.29) is 23.0 Å². The van der Waals surface area contributed by atoms with Gasteiger partial charge in [0.05, 0.1) is 28.3 Å². The van der Waals surface area contributed by atoms with Crippen molar-refractivity contribution in [1.29, 1.82) is 0 Å². The summed E-state index contributed by atoms with van der Waals surface area (Å²) in [6, 6.07) is 6.19. The molecular weight excluding hydrogens is 374 g/mol. The zero-order valence-corrected chi connectivity index (χ0v) is 16.4. The van der Waals surface area contributed by atoms with Crippen molar-refractivity contribution in [2.75, 3.05) is 18.4 Å². The van der Waals surface area contributed by atoms with Crippen LogP contribution in [0.2, 0.25) is 0 Å². The molecule has 1 aliphatic rings. The second-order valence-electron chi connectivity index (χ2n) is 6.30. The van der Waals surface area contributed by atoms with Gasteiger partial charge in [0.2, 0.25) is 10.0 Å². The maximum Gasteiger partial charge on any atom is 0.267 e. The Kier molecular flexibility index (Phi) is 5.42. The van der Waals surface area contributed by atoms with E-state index in [9.17, 15) is 13.2 Å². The molecule has 1 aliphatic heterocycles. The first-order valence-corrected chi connectivity index (χ1v) is 10.5. The van der Waals surface area contributed by atoms with Gasteiger partial charge in [-0.15, -0.1) is 11.3 Å². The Balaban J connectivity index is 1.73. The van der Waals surface area contributed by atoms with Crippen molar-refractivity contribution in [1.82, 2.24) is 9.29 Å². The summed E-state index contributed by atoms with van der Waals surface area (Å²) in [6.07, 6.45) is 1.24. The zero-order chi connectivity index (χ0) is 18.9. The average Bonchev–Trinajstić information content (AvgIpc) is 3.01. The summed E-state index contributed by atoms with van der Waals surface area (Å²) in [7, 11) is -3.59. The summed E-state index contributed by atoms with van der Waals surface area (Å²) >= 11 is 1.30. The highest BCUT2D eigenvalue weighted by atomic mass is 32.2. The molecule has 140 valence electrons. The Morgan fingerprint density at radius 2 is 1.85 bits per heavy atom. The third kappa shape index (κ3) is 4.12. The summed E-state index contributed by atoms with van der Waals surface area (Å²) in [6.45, 7) is 6.20. The molecule has 1 fully saturated rings. The number of nitrogens with one attached hydrogen (secondary N) is 1. The van der Waals surface area contributed by atoms with Gasteiger partial charge in [0.1, 0.15) is 4.88 Å². The number of rotatable bonds is 4. The molecule has 0 saturated carbocycles. The summed E-state index contributed by atoms with van der Waals surface area (Å²) in [4.78, 5) is 16.9. The smallest absolute Gasteiger partial charge is 0.267 e. The van der Waals surface area contributed by atoms with Crippen molar-refractivity contribution in [3.63, 3.8) is 0 Å². The normalized spacial score (nSPS) is 21.5. The molecular formula is C17H21N3O4S2. The van der Waals surface area contributed by atoms with Gasteiger partial charge in [0, 0.05) is 18.8 Å². The number of carbonyl (C=O) groups excluding carboxylic acids is 1. The van der Waals surface area contributed by atoms with Gasteiger partial charge >= 0.3 is 0 Å². The first-order valence-electron chi connectivity index (χ1n) is 8.25. The highest BCUT2D eigenvalue weighted by Gasteiger charge is 2.32. The number of anilines is 1. The third-order valence-corrected chi connectivity index (χ3v) is 6.74. The molecule has 0 spiro atoms. The maximum absolute atomic E-state index is 12.8. The quantitative estimate of drug-likeness (QED) is 0.859. The Labute approximate surface area is 157 Å². The molecule has 7 nitrogen and oxygen atoms in total. The van der Waals surface area contributed by atoms with Crippen LogP contribution in [-0.2, 0) is 14.8 Å². The van der Waals surface area contributed by atoms with E-state index in [2.05, 4.69) is 10.3 Å². The summed E-state index contributed by atoms with van der Waals surface area (Å²) in [5.74, 6) is -0.262. The Bertz CT molecular complexity index is 883. The number of thiazole rings is 1. The first-order chi connectivity index (χ1) is 12.3. The number of hydrogen-bond acceptors (Lipinski definition) is 6. The fourth-order valence-electron chi connectivity index (χ4n) is 2.85. The second kappa shape index (κ2) is 7.43. The molecule has 26 heavy (non-hydrogen) atoms. The molecule has 1 aromatic carbocycles. The van der Waals surface area contributed by atoms with Gasteiger partial charge in [-0.1, -0.05) is 0 Å². The number of sulfonamides is 1. The molecule has 1 N–H and O–H groups in total. The van der Waals surface area contributed by atoms with Gasteiger partial charge in [-0.3, -0.25) is 4.79 Å². The first kappa shape index (κ1) is 19.0. The molecule has 2 atom stereocenters. The number of aryl methyl sites for hydroxylation is 1. The SMILES string of the molecule is Cc1ncc(C(=O)Nc2ccc(S(=O)(=O)N3CC(C)OC(C)C3)cc2)s1. The zero-order valence-electron chi connectivity index (χ0n) is 14.8. The minimum atomic E-state index is -3.59. The highest BCUT2D eigenvalue weighted by Crippen LogP contribution is 2.23. The lowest BCUT2D eigenvalue weighted by molar-refractivity contribution is -0.0440. The standard InChI is InChI=1S/C17H21N3O4S2/c1-11-9-20(10-12(2)24-11)26(22,23)15-6-4-14(5-7-15)19-17(21)16-8-18-13(3)25-16/h4-8,11-12H,9-10H2,1-3H3,(H,19,21). The van der Waals surface area contributed by atoms with Gasteiger partial charge in [-0.05, 0) is 45.0 Å². The fraction of sp³-hybridized carbons (Fsp3) is 0.412. The summed E-state index contributed by atoms with van der Waals surface area (Å²) < 4.78 is 32.7. The molecule has 2 unspecified atom stereocenters. The van der Waals surface area contributed by atoms with Crippen LogP contribution in [0.1, 0.15) is 28.5 Å². The lowest BCUT2D eigenvalue weighted by atomic mass is 10.3. The molecule has 1 amide bonds. The summed E-state index contributed by atoms with van der Waals surface area (Å²) in [5.41, 5.74) is 0.531. The van der Waals surface area contributed by atoms with Crippen LogP contribution in [0.15, 0.2) is 35.4 Å². The van der Waals surface area contributed by atoms with Crippen LogP contribution >= 0.6 is 11.3 Å². The predicted octanol–water partition coefficient (Wildman–Crippen LogP) is 2.50. The van der Waals surface area contributed by atoms with Crippen LogP contribution < -0.4 is 5.32 Å². The number of carbonyl (C=O) groups is 1. The van der Waals surface area contributed by atoms with Crippen LogP contribution in [-0.4, -0.2) is 48.9 Å². The van der Waals surface area contributed by atoms with E-state index in [4.69, 9.17) is 4.74 Å². The second-order valence-corrected chi connectivity index (χ2v) is 9.47. The Morgan fingerprint density at radius 1 is 1.23 bits per heavy atom. The number of morpholine rings is 1. The van der Waals surface area contributed by atoms with E-state index < -0.39 is 10.0 Å². The number of aromatic nitrogens is 1. The van der Waals surface area contributed by atoms with Crippen LogP contribution in [0.4, 0.5) is 5.69 Å². The van der Waals surface area contributed by atoms with Gasteiger partial charge < -0.3 is 10.1 Å². The van der Waals surface area contributed by atoms with Crippen LogP contribution in [0.25, 0.3) is 0 Å². The minimum absolute atomic E-state index is 0.144. The summed E-state index contributed by atoms with van der Waals surface area (Å²) in [5, 5.41) is 3.56. The van der Waals surface area contributed by atoms with E-state index in [1.165, 1.54) is 34.0 Å². The lowest BCUT2D eigenvalue weighted by Crippen LogP contribution is -2.48. The fourth-order valence-corrected chi connectivity index (χ4v) is 5.11. The van der Waals surface area contributed by atoms with Crippen LogP contribution in [0.5, 0.6) is 0 Å². The molecule has 1 saturated heterocycles. The predicted molar refractivity (Wildman–Crippen MR) is 100 cm³/mol. The molecule has 0 radical (unpaired) electrons.